The van der Waals surface area contributed by atoms with Gasteiger partial charge in [0.2, 0.25) is 0 Å². The van der Waals surface area contributed by atoms with E-state index in [4.69, 9.17) is 0 Å². The second-order valence-electron chi connectivity index (χ2n) is 7.94. The number of hydrogen-bond acceptors (Lipinski definition) is 2. The summed E-state index contributed by atoms with van der Waals surface area (Å²) in [5.74, 6) is -0.177. The van der Waals surface area contributed by atoms with E-state index < -0.39 is 11.5 Å². The molecule has 0 bridgehead atoms. The highest BCUT2D eigenvalue weighted by atomic mass is 79.9. The van der Waals surface area contributed by atoms with Crippen molar-refractivity contribution in [1.82, 2.24) is 0 Å². The molecule has 4 rings (SSSR count). The van der Waals surface area contributed by atoms with E-state index >= 15 is 0 Å². The van der Waals surface area contributed by atoms with Crippen LogP contribution in [0, 0.1) is 5.92 Å². The third kappa shape index (κ3) is 2.75. The SMILES string of the molecule is C[C@@H]1Cc2ccccc2C12CCC(Nc1cccc(Br)c1)(C(=O)O)CC2. The summed E-state index contributed by atoms with van der Waals surface area (Å²) < 4.78 is 0.952. The van der Waals surface area contributed by atoms with Crippen LogP contribution in [-0.4, -0.2) is 16.6 Å². The maximum absolute atomic E-state index is 12.2. The van der Waals surface area contributed by atoms with Gasteiger partial charge >= 0.3 is 5.97 Å². The lowest BCUT2D eigenvalue weighted by atomic mass is 9.61. The molecule has 0 radical (unpaired) electrons. The van der Waals surface area contributed by atoms with E-state index in [0.29, 0.717) is 18.8 Å². The number of anilines is 1. The van der Waals surface area contributed by atoms with Crippen molar-refractivity contribution >= 4 is 27.6 Å². The Morgan fingerprint density at radius 1 is 1.12 bits per heavy atom. The minimum atomic E-state index is -0.886. The summed E-state index contributed by atoms with van der Waals surface area (Å²) in [4.78, 5) is 12.2. The standard InChI is InChI=1S/C22H24BrNO2/c1-15-13-16-5-2-3-8-19(16)21(15)9-11-22(12-10-21,20(25)26)24-18-7-4-6-17(23)14-18/h2-8,14-15,24H,9-13H2,1H3,(H,25,26)/t15-,21?,22?/m1/s1. The topological polar surface area (TPSA) is 49.3 Å². The fourth-order valence-corrected chi connectivity index (χ4v) is 5.49. The van der Waals surface area contributed by atoms with Crippen molar-refractivity contribution < 1.29 is 9.90 Å². The van der Waals surface area contributed by atoms with Crippen LogP contribution < -0.4 is 5.32 Å². The Morgan fingerprint density at radius 3 is 2.54 bits per heavy atom. The van der Waals surface area contributed by atoms with E-state index in [0.717, 1.165) is 29.4 Å². The fraction of sp³-hybridized carbons (Fsp3) is 0.409. The van der Waals surface area contributed by atoms with Crippen LogP contribution in [0.1, 0.15) is 43.7 Å². The lowest BCUT2D eigenvalue weighted by molar-refractivity contribution is -0.144. The Balaban J connectivity index is 1.62. The fourth-order valence-electron chi connectivity index (χ4n) is 5.09. The molecule has 0 heterocycles. The number of carboxylic acid groups (broad SMARTS) is 1. The van der Waals surface area contributed by atoms with E-state index in [2.05, 4.69) is 52.4 Å². The Hall–Kier alpha value is -1.81. The number of rotatable bonds is 3. The molecule has 136 valence electrons. The monoisotopic (exact) mass is 413 g/mol. The van der Waals surface area contributed by atoms with Crippen molar-refractivity contribution in [3.05, 3.63) is 64.1 Å². The summed E-state index contributed by atoms with van der Waals surface area (Å²) in [5.41, 5.74) is 3.01. The molecule has 0 saturated heterocycles. The van der Waals surface area contributed by atoms with Gasteiger partial charge in [0.25, 0.3) is 0 Å². The maximum Gasteiger partial charge on any atom is 0.329 e. The highest BCUT2D eigenvalue weighted by Crippen LogP contribution is 2.54. The minimum Gasteiger partial charge on any atom is -0.480 e. The van der Waals surface area contributed by atoms with E-state index in [9.17, 15) is 9.90 Å². The van der Waals surface area contributed by atoms with Crippen LogP contribution >= 0.6 is 15.9 Å². The van der Waals surface area contributed by atoms with Crippen molar-refractivity contribution in [2.75, 3.05) is 5.32 Å². The zero-order valence-electron chi connectivity index (χ0n) is 15.0. The van der Waals surface area contributed by atoms with Gasteiger partial charge in [-0.3, -0.25) is 0 Å². The number of carbonyl (C=O) groups is 1. The Morgan fingerprint density at radius 2 is 1.85 bits per heavy atom. The van der Waals surface area contributed by atoms with E-state index in [-0.39, 0.29) is 5.41 Å². The number of fused-ring (bicyclic) bond motifs is 2. The molecular weight excluding hydrogens is 390 g/mol. The normalized spacial score (nSPS) is 30.2. The quantitative estimate of drug-likeness (QED) is 0.708. The lowest BCUT2D eigenvalue weighted by Crippen LogP contribution is -2.52. The molecule has 4 heteroatoms. The summed E-state index contributed by atoms with van der Waals surface area (Å²) in [6.07, 6.45) is 4.23. The van der Waals surface area contributed by atoms with Gasteiger partial charge in [0, 0.05) is 10.2 Å². The van der Waals surface area contributed by atoms with Crippen LogP contribution in [0.3, 0.4) is 0 Å². The number of halogens is 1. The molecule has 2 aromatic carbocycles. The zero-order valence-corrected chi connectivity index (χ0v) is 16.6. The van der Waals surface area contributed by atoms with Crippen LogP contribution in [0.4, 0.5) is 5.69 Å². The summed E-state index contributed by atoms with van der Waals surface area (Å²) in [6, 6.07) is 16.5. The molecule has 1 spiro atoms. The van der Waals surface area contributed by atoms with Gasteiger partial charge in [0.15, 0.2) is 0 Å². The smallest absolute Gasteiger partial charge is 0.329 e. The molecule has 2 aliphatic carbocycles. The second kappa shape index (κ2) is 6.41. The van der Waals surface area contributed by atoms with Crippen LogP contribution in [0.15, 0.2) is 53.0 Å². The van der Waals surface area contributed by atoms with Gasteiger partial charge in [0.05, 0.1) is 0 Å². The highest BCUT2D eigenvalue weighted by Gasteiger charge is 2.52. The maximum atomic E-state index is 12.2. The van der Waals surface area contributed by atoms with Crippen LogP contribution in [0.2, 0.25) is 0 Å². The van der Waals surface area contributed by atoms with Crippen LogP contribution in [0.5, 0.6) is 0 Å². The first kappa shape index (κ1) is 17.6. The van der Waals surface area contributed by atoms with Crippen molar-refractivity contribution in [2.24, 2.45) is 5.92 Å². The summed E-state index contributed by atoms with van der Waals surface area (Å²) in [6.45, 7) is 2.33. The molecule has 0 aliphatic heterocycles. The van der Waals surface area contributed by atoms with Gasteiger partial charge in [-0.05, 0) is 72.8 Å². The summed E-state index contributed by atoms with van der Waals surface area (Å²) >= 11 is 3.47. The van der Waals surface area contributed by atoms with Gasteiger partial charge in [-0.2, -0.15) is 0 Å². The summed E-state index contributed by atoms with van der Waals surface area (Å²) in [7, 11) is 0. The van der Waals surface area contributed by atoms with E-state index in [1.807, 2.05) is 24.3 Å². The van der Waals surface area contributed by atoms with Crippen molar-refractivity contribution in [3.63, 3.8) is 0 Å². The Labute approximate surface area is 162 Å². The molecule has 2 aromatic rings. The predicted octanol–water partition coefficient (Wildman–Crippen LogP) is 5.39. The highest BCUT2D eigenvalue weighted by molar-refractivity contribution is 9.10. The van der Waals surface area contributed by atoms with Crippen molar-refractivity contribution in [2.45, 2.75) is 50.0 Å². The number of aliphatic carboxylic acids is 1. The zero-order chi connectivity index (χ0) is 18.4. The molecule has 1 atom stereocenters. The molecule has 2 aliphatic rings. The Kier molecular flexibility index (Phi) is 4.34. The second-order valence-corrected chi connectivity index (χ2v) is 8.86. The Bertz CT molecular complexity index is 840. The number of carboxylic acids is 1. The van der Waals surface area contributed by atoms with Crippen LogP contribution in [0.25, 0.3) is 0 Å². The third-order valence-corrected chi connectivity index (χ3v) is 7.13. The molecule has 0 aromatic heterocycles. The average molecular weight is 414 g/mol. The third-order valence-electron chi connectivity index (χ3n) is 6.64. The van der Waals surface area contributed by atoms with E-state index in [1.54, 1.807) is 0 Å². The number of nitrogens with one attached hydrogen (secondary N) is 1. The average Bonchev–Trinajstić information content (AvgIpc) is 2.89. The van der Waals surface area contributed by atoms with Gasteiger partial charge in [0.1, 0.15) is 5.54 Å². The number of benzene rings is 2. The molecular formula is C22H24BrNO2. The largest absolute Gasteiger partial charge is 0.480 e. The minimum absolute atomic E-state index is 0.133. The van der Waals surface area contributed by atoms with Crippen molar-refractivity contribution in [3.8, 4) is 0 Å². The predicted molar refractivity (Wildman–Crippen MR) is 108 cm³/mol. The van der Waals surface area contributed by atoms with E-state index in [1.165, 1.54) is 11.1 Å². The molecule has 2 N–H and O–H groups in total. The molecule has 1 saturated carbocycles. The van der Waals surface area contributed by atoms with Gasteiger partial charge in [-0.25, -0.2) is 4.79 Å². The first-order chi connectivity index (χ1) is 12.5. The van der Waals surface area contributed by atoms with Crippen LogP contribution in [-0.2, 0) is 16.6 Å². The van der Waals surface area contributed by atoms with Gasteiger partial charge in [-0.15, -0.1) is 0 Å². The molecule has 1 fully saturated rings. The first-order valence-electron chi connectivity index (χ1n) is 9.31. The van der Waals surface area contributed by atoms with Gasteiger partial charge in [-0.1, -0.05) is 53.2 Å². The molecule has 0 amide bonds. The first-order valence-corrected chi connectivity index (χ1v) is 10.1. The summed E-state index contributed by atoms with van der Waals surface area (Å²) in [5, 5.41) is 13.4. The number of hydrogen-bond donors (Lipinski definition) is 2. The van der Waals surface area contributed by atoms with Crippen molar-refractivity contribution in [1.29, 1.82) is 0 Å². The molecule has 26 heavy (non-hydrogen) atoms. The van der Waals surface area contributed by atoms with Gasteiger partial charge < -0.3 is 10.4 Å². The lowest BCUT2D eigenvalue weighted by Gasteiger charge is -2.46. The molecule has 3 nitrogen and oxygen atoms in total. The molecule has 0 unspecified atom stereocenters.